The number of hydrogen-bond donors (Lipinski definition) is 2. The first-order chi connectivity index (χ1) is 13.2. The summed E-state index contributed by atoms with van der Waals surface area (Å²) in [6.45, 7) is 6.87. The Kier molecular flexibility index (Phi) is 6.72. The fraction of sp³-hybridized carbons (Fsp3) is 0.333. The minimum absolute atomic E-state index is 0.0371. The molecule has 0 unspecified atom stereocenters. The van der Waals surface area contributed by atoms with Gasteiger partial charge in [-0.2, -0.15) is 5.26 Å². The molecule has 0 aliphatic rings. The summed E-state index contributed by atoms with van der Waals surface area (Å²) < 4.78 is 5.03. The van der Waals surface area contributed by atoms with E-state index in [-0.39, 0.29) is 18.6 Å². The number of carbonyl (C=O) groups is 2. The number of H-pyrrole nitrogens is 1. The highest BCUT2D eigenvalue weighted by Gasteiger charge is 2.15. The minimum Gasteiger partial charge on any atom is -0.456 e. The van der Waals surface area contributed by atoms with Gasteiger partial charge in [-0.1, -0.05) is 17.7 Å². The zero-order valence-corrected chi connectivity index (χ0v) is 16.4. The maximum atomic E-state index is 12.0. The van der Waals surface area contributed by atoms with Crippen molar-refractivity contribution in [3.8, 4) is 6.07 Å². The number of aromatic nitrogens is 1. The van der Waals surface area contributed by atoms with E-state index in [0.29, 0.717) is 23.4 Å². The lowest BCUT2D eigenvalue weighted by atomic mass is 9.99. The number of amides is 1. The van der Waals surface area contributed by atoms with Crippen LogP contribution in [0, 0.1) is 39.0 Å². The number of aromatic amines is 1. The van der Waals surface area contributed by atoms with Crippen LogP contribution < -0.4 is 10.9 Å². The van der Waals surface area contributed by atoms with Gasteiger partial charge in [-0.05, 0) is 56.9 Å². The average molecular weight is 381 g/mol. The van der Waals surface area contributed by atoms with Gasteiger partial charge in [-0.15, -0.1) is 0 Å². The van der Waals surface area contributed by atoms with E-state index in [9.17, 15) is 14.4 Å². The molecule has 0 atom stereocenters. The van der Waals surface area contributed by atoms with Gasteiger partial charge in [0, 0.05) is 17.8 Å². The molecule has 0 radical (unpaired) electrons. The van der Waals surface area contributed by atoms with Crippen LogP contribution in [0.25, 0.3) is 0 Å². The van der Waals surface area contributed by atoms with Gasteiger partial charge < -0.3 is 15.0 Å². The maximum Gasteiger partial charge on any atom is 0.306 e. The van der Waals surface area contributed by atoms with E-state index in [0.717, 1.165) is 16.7 Å². The topological polar surface area (TPSA) is 112 Å². The summed E-state index contributed by atoms with van der Waals surface area (Å²) in [7, 11) is 0. The fourth-order valence-corrected chi connectivity index (χ4v) is 3.01. The maximum absolute atomic E-state index is 12.0. The Bertz CT molecular complexity index is 1020. The first-order valence-corrected chi connectivity index (χ1v) is 8.88. The molecular weight excluding hydrogens is 358 g/mol. The molecule has 1 heterocycles. The number of nitrogens with one attached hydrogen (secondary N) is 2. The van der Waals surface area contributed by atoms with E-state index in [2.05, 4.69) is 10.3 Å². The highest BCUT2D eigenvalue weighted by Crippen LogP contribution is 2.16. The van der Waals surface area contributed by atoms with Crippen LogP contribution in [0.15, 0.2) is 23.0 Å². The normalized spacial score (nSPS) is 10.2. The smallest absolute Gasteiger partial charge is 0.306 e. The molecule has 146 valence electrons. The molecule has 28 heavy (non-hydrogen) atoms. The van der Waals surface area contributed by atoms with Gasteiger partial charge in [-0.3, -0.25) is 14.4 Å². The van der Waals surface area contributed by atoms with Crippen LogP contribution in [0.3, 0.4) is 0 Å². The molecule has 0 aliphatic heterocycles. The fourth-order valence-electron chi connectivity index (χ4n) is 3.01. The average Bonchev–Trinajstić information content (AvgIpc) is 2.62. The molecule has 2 N–H and O–H groups in total. The lowest BCUT2D eigenvalue weighted by Crippen LogP contribution is -2.22. The number of hydrogen-bond acceptors (Lipinski definition) is 5. The predicted octanol–water partition coefficient (Wildman–Crippen LogP) is 2.59. The lowest BCUT2D eigenvalue weighted by Gasteiger charge is -2.11. The summed E-state index contributed by atoms with van der Waals surface area (Å²) in [4.78, 5) is 38.3. The van der Waals surface area contributed by atoms with Crippen molar-refractivity contribution in [3.63, 3.8) is 0 Å². The molecular formula is C21H23N3O4. The Morgan fingerprint density at radius 3 is 2.57 bits per heavy atom. The number of rotatable bonds is 6. The number of pyridine rings is 1. The van der Waals surface area contributed by atoms with E-state index >= 15 is 0 Å². The number of nitriles is 1. The molecule has 7 nitrogen and oxygen atoms in total. The Labute approximate surface area is 163 Å². The second-order valence-corrected chi connectivity index (χ2v) is 6.70. The van der Waals surface area contributed by atoms with Crippen molar-refractivity contribution < 1.29 is 14.3 Å². The Morgan fingerprint density at radius 2 is 1.93 bits per heavy atom. The zero-order chi connectivity index (χ0) is 20.8. The molecule has 0 bridgehead atoms. The molecule has 1 amide bonds. The van der Waals surface area contributed by atoms with Gasteiger partial charge in [0.05, 0.1) is 0 Å². The SMILES string of the molecule is Cc1ccc(NC(=O)COC(=O)CCc2c(C)[nH]c(=O)c(C#N)c2C)c(C)c1. The first-order valence-electron chi connectivity index (χ1n) is 8.88. The number of esters is 1. The van der Waals surface area contributed by atoms with E-state index in [1.54, 1.807) is 19.9 Å². The Balaban J connectivity index is 1.91. The molecule has 0 fully saturated rings. The van der Waals surface area contributed by atoms with E-state index < -0.39 is 17.4 Å². The molecule has 2 rings (SSSR count). The number of aryl methyl sites for hydroxylation is 3. The summed E-state index contributed by atoms with van der Waals surface area (Å²) in [5.41, 5.74) is 4.20. The van der Waals surface area contributed by atoms with E-state index in [4.69, 9.17) is 10.00 Å². The largest absolute Gasteiger partial charge is 0.456 e. The highest BCUT2D eigenvalue weighted by atomic mass is 16.5. The quantitative estimate of drug-likeness (QED) is 0.747. The molecule has 1 aromatic carbocycles. The predicted molar refractivity (Wildman–Crippen MR) is 105 cm³/mol. The minimum atomic E-state index is -0.528. The third kappa shape index (κ3) is 5.07. The molecule has 7 heteroatoms. The number of anilines is 1. The second-order valence-electron chi connectivity index (χ2n) is 6.70. The van der Waals surface area contributed by atoms with Crippen molar-refractivity contribution in [1.29, 1.82) is 5.26 Å². The zero-order valence-electron chi connectivity index (χ0n) is 16.4. The third-order valence-corrected chi connectivity index (χ3v) is 4.52. The Hall–Kier alpha value is -3.40. The summed E-state index contributed by atoms with van der Waals surface area (Å²) in [5.74, 6) is -0.942. The van der Waals surface area contributed by atoms with Crippen LogP contribution >= 0.6 is 0 Å². The van der Waals surface area contributed by atoms with Gasteiger partial charge in [0.2, 0.25) is 0 Å². The van der Waals surface area contributed by atoms with Gasteiger partial charge in [0.25, 0.3) is 11.5 Å². The van der Waals surface area contributed by atoms with Crippen LogP contribution in [0.2, 0.25) is 0 Å². The van der Waals surface area contributed by atoms with Crippen molar-refractivity contribution in [2.45, 2.75) is 40.5 Å². The molecule has 0 saturated heterocycles. The third-order valence-electron chi connectivity index (χ3n) is 4.52. The lowest BCUT2D eigenvalue weighted by molar-refractivity contribution is -0.147. The molecule has 2 aromatic rings. The molecule has 0 aliphatic carbocycles. The van der Waals surface area contributed by atoms with Gasteiger partial charge in [0.1, 0.15) is 11.6 Å². The first kappa shape index (κ1) is 20.9. The second kappa shape index (κ2) is 9.00. The summed E-state index contributed by atoms with van der Waals surface area (Å²) in [5, 5.41) is 11.8. The number of carbonyl (C=O) groups excluding carboxylic acids is 2. The van der Waals surface area contributed by atoms with Crippen molar-refractivity contribution >= 4 is 17.6 Å². The monoisotopic (exact) mass is 381 g/mol. The van der Waals surface area contributed by atoms with Crippen LogP contribution in [0.5, 0.6) is 0 Å². The molecule has 0 saturated carbocycles. The number of benzene rings is 1. The standard InChI is InChI=1S/C21H23N3O4/c1-12-5-7-18(13(2)9-12)24-19(25)11-28-20(26)8-6-16-14(3)17(10-22)21(27)23-15(16)4/h5,7,9H,6,8,11H2,1-4H3,(H,23,27)(H,24,25). The van der Waals surface area contributed by atoms with Crippen LogP contribution in [0.4, 0.5) is 5.69 Å². The van der Waals surface area contributed by atoms with Gasteiger partial charge in [-0.25, -0.2) is 0 Å². The Morgan fingerprint density at radius 1 is 1.21 bits per heavy atom. The van der Waals surface area contributed by atoms with Gasteiger partial charge in [0.15, 0.2) is 6.61 Å². The summed E-state index contributed by atoms with van der Waals surface area (Å²) in [6, 6.07) is 7.52. The number of nitrogens with zero attached hydrogens (tertiary/aromatic N) is 1. The van der Waals surface area contributed by atoms with E-state index in [1.807, 2.05) is 32.0 Å². The van der Waals surface area contributed by atoms with Crippen LogP contribution in [-0.2, 0) is 20.7 Å². The van der Waals surface area contributed by atoms with Crippen molar-refractivity contribution in [3.05, 3.63) is 62.1 Å². The van der Waals surface area contributed by atoms with Crippen molar-refractivity contribution in [1.82, 2.24) is 4.98 Å². The van der Waals surface area contributed by atoms with E-state index in [1.165, 1.54) is 0 Å². The van der Waals surface area contributed by atoms with Gasteiger partial charge >= 0.3 is 5.97 Å². The van der Waals surface area contributed by atoms with Crippen molar-refractivity contribution in [2.75, 3.05) is 11.9 Å². The number of ether oxygens (including phenoxy) is 1. The van der Waals surface area contributed by atoms with Crippen molar-refractivity contribution in [2.24, 2.45) is 0 Å². The summed E-state index contributed by atoms with van der Waals surface area (Å²) >= 11 is 0. The van der Waals surface area contributed by atoms with Crippen LogP contribution in [-0.4, -0.2) is 23.5 Å². The van der Waals surface area contributed by atoms with Crippen LogP contribution in [0.1, 0.15) is 39.9 Å². The molecule has 1 aromatic heterocycles. The highest BCUT2D eigenvalue weighted by molar-refractivity contribution is 5.93. The molecule has 0 spiro atoms. The summed E-state index contributed by atoms with van der Waals surface area (Å²) in [6.07, 6.45) is 0.343.